The Kier molecular flexibility index (Phi) is 5.86. The molecule has 0 aliphatic heterocycles. The molecule has 1 aliphatic carbocycles. The molecule has 0 spiro atoms. The molecule has 2 rings (SSSR count). The normalized spacial score (nSPS) is 21.0. The molecule has 0 unspecified atom stereocenters. The fourth-order valence-electron chi connectivity index (χ4n) is 2.94. The SMILES string of the molecule is C[C@H]1CCCC[C@H]1NC(=O)c1cccc(NC(=O)OC(C)(C)C)c1. The molecule has 0 aromatic heterocycles. The summed E-state index contributed by atoms with van der Waals surface area (Å²) in [5.74, 6) is 0.410. The summed E-state index contributed by atoms with van der Waals surface area (Å²) in [4.78, 5) is 24.3. The molecule has 2 amide bonds. The van der Waals surface area contributed by atoms with E-state index in [4.69, 9.17) is 4.74 Å². The molecule has 1 aliphatic rings. The molecule has 2 atom stereocenters. The lowest BCUT2D eigenvalue weighted by molar-refractivity contribution is 0.0635. The predicted molar refractivity (Wildman–Crippen MR) is 95.2 cm³/mol. The van der Waals surface area contributed by atoms with Gasteiger partial charge in [0.15, 0.2) is 0 Å². The summed E-state index contributed by atoms with van der Waals surface area (Å²) in [7, 11) is 0. The van der Waals surface area contributed by atoms with Crippen molar-refractivity contribution in [1.29, 1.82) is 0 Å². The molecule has 5 heteroatoms. The van der Waals surface area contributed by atoms with E-state index in [0.717, 1.165) is 19.3 Å². The number of carbonyl (C=O) groups excluding carboxylic acids is 2. The maximum atomic E-state index is 12.5. The van der Waals surface area contributed by atoms with Crippen molar-refractivity contribution >= 4 is 17.7 Å². The second kappa shape index (κ2) is 7.69. The highest BCUT2D eigenvalue weighted by Gasteiger charge is 2.23. The Morgan fingerprint density at radius 2 is 1.88 bits per heavy atom. The number of ether oxygens (including phenoxy) is 1. The van der Waals surface area contributed by atoms with Crippen molar-refractivity contribution in [2.45, 2.75) is 65.0 Å². The van der Waals surface area contributed by atoms with E-state index in [9.17, 15) is 9.59 Å². The van der Waals surface area contributed by atoms with E-state index in [1.165, 1.54) is 6.42 Å². The third-order valence-electron chi connectivity index (χ3n) is 4.20. The number of nitrogens with one attached hydrogen (secondary N) is 2. The van der Waals surface area contributed by atoms with Crippen molar-refractivity contribution in [2.75, 3.05) is 5.32 Å². The van der Waals surface area contributed by atoms with Gasteiger partial charge in [0, 0.05) is 17.3 Å². The molecule has 5 nitrogen and oxygen atoms in total. The lowest BCUT2D eigenvalue weighted by Gasteiger charge is -2.29. The van der Waals surface area contributed by atoms with E-state index in [1.54, 1.807) is 24.3 Å². The Morgan fingerprint density at radius 3 is 2.54 bits per heavy atom. The molecule has 1 saturated carbocycles. The van der Waals surface area contributed by atoms with Crippen LogP contribution in [-0.4, -0.2) is 23.6 Å². The number of carbonyl (C=O) groups is 2. The minimum Gasteiger partial charge on any atom is -0.444 e. The first-order valence-corrected chi connectivity index (χ1v) is 8.65. The van der Waals surface area contributed by atoms with Gasteiger partial charge in [0.05, 0.1) is 0 Å². The number of amides is 2. The summed E-state index contributed by atoms with van der Waals surface area (Å²) < 4.78 is 5.23. The highest BCUT2D eigenvalue weighted by atomic mass is 16.6. The van der Waals surface area contributed by atoms with Crippen LogP contribution in [0.4, 0.5) is 10.5 Å². The van der Waals surface area contributed by atoms with E-state index in [-0.39, 0.29) is 11.9 Å². The van der Waals surface area contributed by atoms with Crippen LogP contribution < -0.4 is 10.6 Å². The van der Waals surface area contributed by atoms with Crippen molar-refractivity contribution in [3.05, 3.63) is 29.8 Å². The lowest BCUT2D eigenvalue weighted by atomic mass is 9.86. The molecule has 0 bridgehead atoms. The number of hydrogen-bond acceptors (Lipinski definition) is 3. The molecule has 1 fully saturated rings. The summed E-state index contributed by atoms with van der Waals surface area (Å²) in [6.07, 6.45) is 4.06. The molecular formula is C19H28N2O3. The maximum Gasteiger partial charge on any atom is 0.412 e. The Balaban J connectivity index is 1.98. The van der Waals surface area contributed by atoms with Crippen LogP contribution >= 0.6 is 0 Å². The fourth-order valence-corrected chi connectivity index (χ4v) is 2.94. The highest BCUT2D eigenvalue weighted by Crippen LogP contribution is 2.24. The van der Waals surface area contributed by atoms with E-state index >= 15 is 0 Å². The van der Waals surface area contributed by atoms with Gasteiger partial charge in [-0.2, -0.15) is 0 Å². The molecule has 2 N–H and O–H groups in total. The number of hydrogen-bond donors (Lipinski definition) is 2. The van der Waals surface area contributed by atoms with E-state index in [1.807, 2.05) is 20.8 Å². The lowest BCUT2D eigenvalue weighted by Crippen LogP contribution is -2.41. The van der Waals surface area contributed by atoms with Gasteiger partial charge in [-0.05, 0) is 57.7 Å². The average Bonchev–Trinajstić information content (AvgIpc) is 2.48. The molecule has 0 saturated heterocycles. The third-order valence-corrected chi connectivity index (χ3v) is 4.20. The first-order chi connectivity index (χ1) is 11.2. The predicted octanol–water partition coefficient (Wildman–Crippen LogP) is 4.34. The molecule has 132 valence electrons. The standard InChI is InChI=1S/C19H28N2O3/c1-13-8-5-6-11-16(13)21-17(22)14-9-7-10-15(12-14)20-18(23)24-19(2,3)4/h7,9-10,12-13,16H,5-6,8,11H2,1-4H3,(H,20,23)(H,21,22)/t13-,16+/m0/s1. The first-order valence-electron chi connectivity index (χ1n) is 8.65. The van der Waals surface area contributed by atoms with Gasteiger partial charge in [-0.15, -0.1) is 0 Å². The van der Waals surface area contributed by atoms with Crippen molar-refractivity contribution < 1.29 is 14.3 Å². The van der Waals surface area contributed by atoms with Gasteiger partial charge < -0.3 is 10.1 Å². The van der Waals surface area contributed by atoms with Crippen LogP contribution in [0.3, 0.4) is 0 Å². The molecule has 0 heterocycles. The van der Waals surface area contributed by atoms with Crippen LogP contribution in [0.2, 0.25) is 0 Å². The summed E-state index contributed by atoms with van der Waals surface area (Å²) in [5, 5.41) is 5.79. The van der Waals surface area contributed by atoms with Crippen molar-refractivity contribution in [3.8, 4) is 0 Å². The van der Waals surface area contributed by atoms with Gasteiger partial charge in [0.2, 0.25) is 0 Å². The zero-order chi connectivity index (χ0) is 17.7. The fraction of sp³-hybridized carbons (Fsp3) is 0.579. The highest BCUT2D eigenvalue weighted by molar-refractivity contribution is 5.96. The van der Waals surface area contributed by atoms with Crippen LogP contribution in [0.5, 0.6) is 0 Å². The minimum absolute atomic E-state index is 0.0958. The largest absolute Gasteiger partial charge is 0.444 e. The van der Waals surface area contributed by atoms with E-state index in [0.29, 0.717) is 17.2 Å². The smallest absolute Gasteiger partial charge is 0.412 e. The monoisotopic (exact) mass is 332 g/mol. The summed E-state index contributed by atoms with van der Waals surface area (Å²) >= 11 is 0. The Hall–Kier alpha value is -2.04. The van der Waals surface area contributed by atoms with Crippen molar-refractivity contribution in [1.82, 2.24) is 5.32 Å². The van der Waals surface area contributed by atoms with Gasteiger partial charge in [0.1, 0.15) is 5.60 Å². The zero-order valence-electron chi connectivity index (χ0n) is 15.0. The summed E-state index contributed by atoms with van der Waals surface area (Å²) in [6, 6.07) is 7.15. The second-order valence-corrected chi connectivity index (χ2v) is 7.55. The van der Waals surface area contributed by atoms with Crippen molar-refractivity contribution in [2.24, 2.45) is 5.92 Å². The third kappa shape index (κ3) is 5.55. The van der Waals surface area contributed by atoms with Gasteiger partial charge in [0.25, 0.3) is 5.91 Å². The maximum absolute atomic E-state index is 12.5. The molecule has 1 aromatic rings. The van der Waals surface area contributed by atoms with Crippen LogP contribution in [0.25, 0.3) is 0 Å². The van der Waals surface area contributed by atoms with Gasteiger partial charge >= 0.3 is 6.09 Å². The first kappa shape index (κ1) is 18.3. The molecule has 0 radical (unpaired) electrons. The topological polar surface area (TPSA) is 67.4 Å². The van der Waals surface area contributed by atoms with E-state index in [2.05, 4.69) is 17.6 Å². The molecule has 24 heavy (non-hydrogen) atoms. The van der Waals surface area contributed by atoms with E-state index < -0.39 is 11.7 Å². The minimum atomic E-state index is -0.559. The van der Waals surface area contributed by atoms with Gasteiger partial charge in [-0.25, -0.2) is 4.79 Å². The van der Waals surface area contributed by atoms with Crippen molar-refractivity contribution in [3.63, 3.8) is 0 Å². The van der Waals surface area contributed by atoms with Crippen LogP contribution in [0.1, 0.15) is 63.7 Å². The Labute approximate surface area is 144 Å². The Bertz CT molecular complexity index is 593. The Morgan fingerprint density at radius 1 is 1.17 bits per heavy atom. The molecular weight excluding hydrogens is 304 g/mol. The average molecular weight is 332 g/mol. The summed E-state index contributed by atoms with van der Waals surface area (Å²) in [6.45, 7) is 7.61. The second-order valence-electron chi connectivity index (χ2n) is 7.55. The van der Waals surface area contributed by atoms with Gasteiger partial charge in [-0.1, -0.05) is 25.8 Å². The number of anilines is 1. The van der Waals surface area contributed by atoms with Gasteiger partial charge in [-0.3, -0.25) is 10.1 Å². The van der Waals surface area contributed by atoms with Crippen LogP contribution in [0, 0.1) is 5.92 Å². The molecule has 1 aromatic carbocycles. The quantitative estimate of drug-likeness (QED) is 0.865. The zero-order valence-corrected chi connectivity index (χ0v) is 15.0. The van der Waals surface area contributed by atoms with Crippen LogP contribution in [-0.2, 0) is 4.74 Å². The summed E-state index contributed by atoms with van der Waals surface area (Å²) in [5.41, 5.74) is 0.533. The number of benzene rings is 1. The van der Waals surface area contributed by atoms with Crippen LogP contribution in [0.15, 0.2) is 24.3 Å². The number of rotatable bonds is 3.